The van der Waals surface area contributed by atoms with Crippen LogP contribution in [0.1, 0.15) is 26.5 Å². The third kappa shape index (κ3) is 4.52. The lowest BCUT2D eigenvalue weighted by Gasteiger charge is -2.35. The molecule has 1 atom stereocenters. The molecule has 144 valence electrons. The van der Waals surface area contributed by atoms with Crippen molar-refractivity contribution in [1.29, 1.82) is 0 Å². The summed E-state index contributed by atoms with van der Waals surface area (Å²) in [5, 5.41) is 0.280. The maximum Gasteiger partial charge on any atom is 0.169 e. The van der Waals surface area contributed by atoms with E-state index < -0.39 is 7.28 Å². The third-order valence-electron chi connectivity index (χ3n) is 3.89. The van der Waals surface area contributed by atoms with Gasteiger partial charge in [0.25, 0.3) is 0 Å². The molecule has 0 saturated heterocycles. The molecule has 0 aliphatic heterocycles. The molecule has 1 aromatic heterocycles. The molecule has 2 rings (SSSR count). The van der Waals surface area contributed by atoms with E-state index >= 15 is 0 Å². The fourth-order valence-corrected chi connectivity index (χ4v) is 5.69. The normalized spacial score (nSPS) is 14.1. The van der Waals surface area contributed by atoms with Gasteiger partial charge >= 0.3 is 0 Å². The monoisotopic (exact) mass is 399 g/mol. The van der Waals surface area contributed by atoms with E-state index in [-0.39, 0.29) is 5.16 Å². The molecule has 0 bridgehead atoms. The standard InChI is InChI=1S/C19H27ClNO4P/c1-14-7-10-18(25-14)26(19(2,3)4,24-12-11-22-5)21-16-13-15(20)8-9-17(16)23-6/h7-10,13H,11-12H2,1-6H3/t26-/m1/s1. The topological polar surface area (TPSA) is 53.2 Å². The van der Waals surface area contributed by atoms with Crippen molar-refractivity contribution in [3.05, 3.63) is 41.1 Å². The van der Waals surface area contributed by atoms with Crippen molar-refractivity contribution in [3.8, 4) is 5.75 Å². The summed E-state index contributed by atoms with van der Waals surface area (Å²) in [4.78, 5) is 0. The smallest absolute Gasteiger partial charge is 0.169 e. The van der Waals surface area contributed by atoms with E-state index in [9.17, 15) is 0 Å². The molecule has 2 aromatic rings. The maximum absolute atomic E-state index is 6.40. The van der Waals surface area contributed by atoms with Crippen LogP contribution in [0.3, 0.4) is 0 Å². The van der Waals surface area contributed by atoms with Crippen LogP contribution in [-0.4, -0.2) is 32.6 Å². The van der Waals surface area contributed by atoms with Crippen LogP contribution in [0, 0.1) is 6.92 Å². The second-order valence-corrected chi connectivity index (χ2v) is 10.7. The summed E-state index contributed by atoms with van der Waals surface area (Å²) in [6, 6.07) is 9.25. The van der Waals surface area contributed by atoms with Crippen molar-refractivity contribution in [3.63, 3.8) is 0 Å². The third-order valence-corrected chi connectivity index (χ3v) is 7.83. The highest BCUT2D eigenvalue weighted by atomic mass is 35.5. The second-order valence-electron chi connectivity index (χ2n) is 6.87. The van der Waals surface area contributed by atoms with Crippen LogP contribution in [0.15, 0.2) is 39.5 Å². The van der Waals surface area contributed by atoms with Crippen LogP contribution in [0.25, 0.3) is 0 Å². The Morgan fingerprint density at radius 3 is 2.38 bits per heavy atom. The molecule has 0 N–H and O–H groups in total. The maximum atomic E-state index is 6.40. The van der Waals surface area contributed by atoms with Gasteiger partial charge in [0.05, 0.1) is 20.3 Å². The van der Waals surface area contributed by atoms with Gasteiger partial charge in [-0.2, -0.15) is 0 Å². The minimum Gasteiger partial charge on any atom is -0.494 e. The van der Waals surface area contributed by atoms with Gasteiger partial charge in [-0.05, 0) is 37.3 Å². The number of hydrogen-bond acceptors (Lipinski definition) is 5. The number of ether oxygens (including phenoxy) is 2. The minimum absolute atomic E-state index is 0.307. The van der Waals surface area contributed by atoms with Crippen LogP contribution < -0.4 is 10.2 Å². The van der Waals surface area contributed by atoms with Crippen LogP contribution in [0.4, 0.5) is 5.69 Å². The number of methoxy groups -OCH3 is 2. The first-order chi connectivity index (χ1) is 12.2. The molecular formula is C19H27ClNO4P. The average molecular weight is 400 g/mol. The highest BCUT2D eigenvalue weighted by molar-refractivity contribution is 7.70. The molecule has 0 unspecified atom stereocenters. The average Bonchev–Trinajstić information content (AvgIpc) is 3.00. The number of rotatable bonds is 7. The van der Waals surface area contributed by atoms with Gasteiger partial charge < -0.3 is 18.4 Å². The van der Waals surface area contributed by atoms with E-state index in [1.807, 2.05) is 19.1 Å². The lowest BCUT2D eigenvalue weighted by Crippen LogP contribution is -2.25. The number of aryl methyl sites for hydroxylation is 1. The fraction of sp³-hybridized carbons (Fsp3) is 0.474. The molecule has 1 heterocycles. The van der Waals surface area contributed by atoms with E-state index in [1.165, 1.54) is 0 Å². The highest BCUT2D eigenvalue weighted by Crippen LogP contribution is 2.63. The summed E-state index contributed by atoms with van der Waals surface area (Å²) < 4.78 is 28.1. The van der Waals surface area contributed by atoms with E-state index in [0.717, 1.165) is 11.3 Å². The summed E-state index contributed by atoms with van der Waals surface area (Å²) in [5.41, 5.74) is 1.38. The lowest BCUT2D eigenvalue weighted by atomic mass is 10.3. The summed E-state index contributed by atoms with van der Waals surface area (Å²) >= 11 is 6.21. The molecule has 0 saturated carbocycles. The Labute approximate surface area is 160 Å². The number of nitrogens with zero attached hydrogens (tertiary/aromatic N) is 1. The quantitative estimate of drug-likeness (QED) is 0.437. The molecule has 7 heteroatoms. The molecule has 5 nitrogen and oxygen atoms in total. The van der Waals surface area contributed by atoms with E-state index in [2.05, 4.69) is 20.8 Å². The van der Waals surface area contributed by atoms with Gasteiger partial charge in [0, 0.05) is 17.3 Å². The zero-order valence-corrected chi connectivity index (χ0v) is 17.9. The first kappa shape index (κ1) is 21.0. The summed E-state index contributed by atoms with van der Waals surface area (Å²) in [6.45, 7) is 9.10. The predicted octanol–water partition coefficient (Wildman–Crippen LogP) is 5.78. The van der Waals surface area contributed by atoms with Crippen molar-refractivity contribution in [2.45, 2.75) is 32.9 Å². The molecule has 0 aliphatic carbocycles. The Morgan fingerprint density at radius 1 is 1.12 bits per heavy atom. The van der Waals surface area contributed by atoms with Gasteiger partial charge in [0.1, 0.15) is 17.2 Å². The molecule has 0 radical (unpaired) electrons. The largest absolute Gasteiger partial charge is 0.494 e. The van der Waals surface area contributed by atoms with Gasteiger partial charge in [-0.25, -0.2) is 4.74 Å². The Balaban J connectivity index is 2.75. The Hall–Kier alpha value is -1.26. The van der Waals surface area contributed by atoms with Crippen LogP contribution in [0.2, 0.25) is 5.02 Å². The van der Waals surface area contributed by atoms with Gasteiger partial charge in [-0.3, -0.25) is 0 Å². The van der Waals surface area contributed by atoms with Gasteiger partial charge in [-0.15, -0.1) is 0 Å². The van der Waals surface area contributed by atoms with E-state index in [1.54, 1.807) is 32.4 Å². The van der Waals surface area contributed by atoms with Crippen molar-refractivity contribution in [1.82, 2.24) is 0 Å². The summed E-state index contributed by atoms with van der Waals surface area (Å²) in [5.74, 6) is 1.46. The summed E-state index contributed by atoms with van der Waals surface area (Å²) in [6.07, 6.45) is 0. The number of benzene rings is 1. The zero-order chi connectivity index (χ0) is 19.4. The predicted molar refractivity (Wildman–Crippen MR) is 108 cm³/mol. The zero-order valence-electron chi connectivity index (χ0n) is 16.2. The Bertz CT molecular complexity index is 795. The van der Waals surface area contributed by atoms with Crippen molar-refractivity contribution in [2.75, 3.05) is 27.4 Å². The Morgan fingerprint density at radius 2 is 1.85 bits per heavy atom. The number of hydrogen-bond donors (Lipinski definition) is 0. The molecule has 0 spiro atoms. The fourth-order valence-electron chi connectivity index (χ4n) is 2.55. The molecule has 26 heavy (non-hydrogen) atoms. The van der Waals surface area contributed by atoms with Crippen molar-refractivity contribution in [2.24, 2.45) is 4.74 Å². The second kappa shape index (κ2) is 8.62. The van der Waals surface area contributed by atoms with Gasteiger partial charge in [0.15, 0.2) is 12.8 Å². The van der Waals surface area contributed by atoms with Crippen LogP contribution in [-0.2, 0) is 9.26 Å². The SMILES string of the molecule is COCCO[P@](=Nc1cc(Cl)ccc1OC)(c1ccc(C)o1)C(C)(C)C. The first-order valence-corrected chi connectivity index (χ1v) is 10.4. The number of furan rings is 1. The van der Waals surface area contributed by atoms with Crippen LogP contribution >= 0.6 is 18.9 Å². The van der Waals surface area contributed by atoms with Crippen LogP contribution in [0.5, 0.6) is 5.75 Å². The van der Waals surface area contributed by atoms with E-state index in [0.29, 0.717) is 29.7 Å². The highest BCUT2D eigenvalue weighted by Gasteiger charge is 2.40. The minimum atomic E-state index is -2.58. The molecule has 0 aliphatic rings. The van der Waals surface area contributed by atoms with Crippen molar-refractivity contribution >= 4 is 30.1 Å². The first-order valence-electron chi connectivity index (χ1n) is 8.40. The molecule has 1 aromatic carbocycles. The molecule has 0 amide bonds. The Kier molecular flexibility index (Phi) is 6.98. The van der Waals surface area contributed by atoms with Crippen molar-refractivity contribution < 1.29 is 18.4 Å². The lowest BCUT2D eigenvalue weighted by molar-refractivity contribution is 0.150. The number of halogens is 1. The molecular weight excluding hydrogens is 373 g/mol. The van der Waals surface area contributed by atoms with E-state index in [4.69, 9.17) is 34.8 Å². The molecule has 0 fully saturated rings. The van der Waals surface area contributed by atoms with Gasteiger partial charge in [0.2, 0.25) is 0 Å². The van der Waals surface area contributed by atoms with Gasteiger partial charge in [-0.1, -0.05) is 32.4 Å². The summed E-state index contributed by atoms with van der Waals surface area (Å²) in [7, 11) is 0.678.